The molecule has 2 heterocycles. The van der Waals surface area contributed by atoms with Crippen molar-refractivity contribution in [3.05, 3.63) is 0 Å². The topological polar surface area (TPSA) is 86.7 Å². The molecule has 0 bridgehead atoms. The van der Waals surface area contributed by atoms with E-state index in [1.807, 2.05) is 4.90 Å². The van der Waals surface area contributed by atoms with Gasteiger partial charge in [-0.25, -0.2) is 4.79 Å². The smallest absolute Gasteiger partial charge is 0.330 e. The summed E-state index contributed by atoms with van der Waals surface area (Å²) in [4.78, 5) is 38.0. The number of hydrogen-bond acceptors (Lipinski definition) is 4. The van der Waals surface area contributed by atoms with Crippen molar-refractivity contribution in [3.63, 3.8) is 0 Å². The Labute approximate surface area is 134 Å². The second-order valence-electron chi connectivity index (χ2n) is 6.56. The molecular formula is C15H22N2O4S. The van der Waals surface area contributed by atoms with Gasteiger partial charge >= 0.3 is 5.97 Å². The van der Waals surface area contributed by atoms with Gasteiger partial charge in [0.15, 0.2) is 0 Å². The van der Waals surface area contributed by atoms with Gasteiger partial charge in [0, 0.05) is 24.8 Å². The van der Waals surface area contributed by atoms with Gasteiger partial charge in [0.05, 0.1) is 5.92 Å². The minimum absolute atomic E-state index is 0.0391. The highest BCUT2D eigenvalue weighted by Crippen LogP contribution is 2.32. The number of nitrogens with zero attached hydrogens (tertiary/aromatic N) is 1. The van der Waals surface area contributed by atoms with Gasteiger partial charge in [0.2, 0.25) is 11.8 Å². The average Bonchev–Trinajstić information content (AvgIpc) is 3.17. The molecule has 2 aliphatic heterocycles. The minimum atomic E-state index is -1.15. The zero-order valence-corrected chi connectivity index (χ0v) is 13.4. The molecule has 2 N–H and O–H groups in total. The molecule has 3 aliphatic rings. The lowest BCUT2D eigenvalue weighted by molar-refractivity contribution is -0.147. The lowest BCUT2D eigenvalue weighted by Gasteiger charge is -2.27. The number of carboxylic acids is 1. The molecule has 3 rings (SSSR count). The molecule has 1 saturated carbocycles. The Morgan fingerprint density at radius 3 is 2.64 bits per heavy atom. The molecular weight excluding hydrogens is 304 g/mol. The van der Waals surface area contributed by atoms with Crippen LogP contribution >= 0.6 is 11.8 Å². The normalized spacial score (nSPS) is 32.6. The maximum Gasteiger partial charge on any atom is 0.330 e. The molecule has 0 aromatic heterocycles. The third kappa shape index (κ3) is 2.83. The largest absolute Gasteiger partial charge is 0.479 e. The third-order valence-electron chi connectivity index (χ3n) is 5.09. The van der Waals surface area contributed by atoms with Gasteiger partial charge in [-0.05, 0) is 25.0 Å². The fraction of sp³-hybridized carbons (Fsp3) is 0.800. The van der Waals surface area contributed by atoms with Crippen molar-refractivity contribution < 1.29 is 19.5 Å². The summed E-state index contributed by atoms with van der Waals surface area (Å²) < 4.78 is 0. The fourth-order valence-electron chi connectivity index (χ4n) is 3.70. The number of aliphatic carboxylic acids is 1. The number of carboxylic acid groups (broad SMARTS) is 1. The summed E-state index contributed by atoms with van der Waals surface area (Å²) in [6, 6.07) is 0.278. The number of rotatable bonds is 4. The second kappa shape index (κ2) is 6.10. The van der Waals surface area contributed by atoms with Crippen LogP contribution in [0.5, 0.6) is 0 Å². The number of amides is 2. The Morgan fingerprint density at radius 2 is 2.05 bits per heavy atom. The zero-order chi connectivity index (χ0) is 15.7. The van der Waals surface area contributed by atoms with E-state index in [2.05, 4.69) is 5.32 Å². The van der Waals surface area contributed by atoms with Crippen molar-refractivity contribution in [1.29, 1.82) is 0 Å². The number of likely N-dealkylation sites (tertiary alicyclic amines) is 1. The predicted molar refractivity (Wildman–Crippen MR) is 82.5 cm³/mol. The molecule has 122 valence electrons. The van der Waals surface area contributed by atoms with E-state index in [1.165, 1.54) is 0 Å². The van der Waals surface area contributed by atoms with Gasteiger partial charge in [0.25, 0.3) is 0 Å². The number of carbonyl (C=O) groups is 3. The summed E-state index contributed by atoms with van der Waals surface area (Å²) in [6.45, 7) is 0.443. The first-order chi connectivity index (χ1) is 10.5. The highest BCUT2D eigenvalue weighted by atomic mass is 32.2. The minimum Gasteiger partial charge on any atom is -0.479 e. The van der Waals surface area contributed by atoms with Gasteiger partial charge < -0.3 is 15.3 Å². The molecule has 2 saturated heterocycles. The standard InChI is InChI=1S/C15H22N2O4S/c18-12-7-10(8-17(12)11-3-1-2-4-11)13(19)16-15(14(20)21)5-6-22-9-15/h10-11H,1-9H2,(H,16,19)(H,20,21)/t10-,15-/m0/s1. The summed E-state index contributed by atoms with van der Waals surface area (Å²) in [6.07, 6.45) is 5.00. The molecule has 1 aliphatic carbocycles. The molecule has 0 radical (unpaired) electrons. The number of carbonyl (C=O) groups excluding carboxylic acids is 2. The summed E-state index contributed by atoms with van der Waals surface area (Å²) in [5.41, 5.74) is -1.15. The molecule has 0 aromatic carbocycles. The Kier molecular flexibility index (Phi) is 4.34. The SMILES string of the molecule is O=C(N[C@@]1(C(=O)O)CCSC1)[C@H]1CC(=O)N(C2CCCC2)C1. The monoisotopic (exact) mass is 326 g/mol. The highest BCUT2D eigenvalue weighted by Gasteiger charge is 2.46. The van der Waals surface area contributed by atoms with Crippen LogP contribution in [0.2, 0.25) is 0 Å². The lowest BCUT2D eigenvalue weighted by Crippen LogP contribution is -2.56. The Balaban J connectivity index is 1.63. The molecule has 0 unspecified atom stereocenters. The molecule has 22 heavy (non-hydrogen) atoms. The second-order valence-corrected chi connectivity index (χ2v) is 7.67. The summed E-state index contributed by atoms with van der Waals surface area (Å²) in [5.74, 6) is -0.473. The predicted octanol–water partition coefficient (Wildman–Crippen LogP) is 0.854. The van der Waals surface area contributed by atoms with Crippen LogP contribution in [0, 0.1) is 5.92 Å². The first kappa shape index (κ1) is 15.6. The van der Waals surface area contributed by atoms with Crippen LogP contribution in [0.4, 0.5) is 0 Å². The van der Waals surface area contributed by atoms with E-state index < -0.39 is 17.4 Å². The summed E-state index contributed by atoms with van der Waals surface area (Å²) >= 11 is 1.54. The Morgan fingerprint density at radius 1 is 1.32 bits per heavy atom. The van der Waals surface area contributed by atoms with Crippen LogP contribution in [0.1, 0.15) is 38.5 Å². The van der Waals surface area contributed by atoms with Crippen molar-refractivity contribution in [1.82, 2.24) is 10.2 Å². The molecule has 3 fully saturated rings. The van der Waals surface area contributed by atoms with E-state index in [1.54, 1.807) is 11.8 Å². The van der Waals surface area contributed by atoms with E-state index in [0.29, 0.717) is 18.7 Å². The third-order valence-corrected chi connectivity index (χ3v) is 6.28. The summed E-state index contributed by atoms with van der Waals surface area (Å²) in [7, 11) is 0. The maximum atomic E-state index is 12.5. The Bertz CT molecular complexity index is 484. The summed E-state index contributed by atoms with van der Waals surface area (Å²) in [5, 5.41) is 12.2. The van der Waals surface area contributed by atoms with Crippen LogP contribution in [0.15, 0.2) is 0 Å². The van der Waals surface area contributed by atoms with Crippen molar-refractivity contribution in [2.45, 2.75) is 50.1 Å². The van der Waals surface area contributed by atoms with Crippen molar-refractivity contribution in [2.75, 3.05) is 18.1 Å². The average molecular weight is 326 g/mol. The van der Waals surface area contributed by atoms with Crippen LogP contribution in [0.25, 0.3) is 0 Å². The van der Waals surface area contributed by atoms with E-state index in [0.717, 1.165) is 31.4 Å². The number of thioether (sulfide) groups is 1. The molecule has 6 nitrogen and oxygen atoms in total. The quantitative estimate of drug-likeness (QED) is 0.800. The van der Waals surface area contributed by atoms with Crippen molar-refractivity contribution in [3.8, 4) is 0 Å². The number of nitrogens with one attached hydrogen (secondary N) is 1. The molecule has 0 aromatic rings. The zero-order valence-electron chi connectivity index (χ0n) is 12.5. The first-order valence-electron chi connectivity index (χ1n) is 7.94. The maximum absolute atomic E-state index is 12.5. The van der Waals surface area contributed by atoms with Gasteiger partial charge in [-0.2, -0.15) is 11.8 Å². The van der Waals surface area contributed by atoms with Crippen molar-refractivity contribution in [2.24, 2.45) is 5.92 Å². The highest BCUT2D eigenvalue weighted by molar-refractivity contribution is 7.99. The molecule has 7 heteroatoms. The van der Waals surface area contributed by atoms with E-state index in [4.69, 9.17) is 0 Å². The fourth-order valence-corrected chi connectivity index (χ4v) is 5.03. The van der Waals surface area contributed by atoms with E-state index in [-0.39, 0.29) is 24.3 Å². The number of hydrogen-bond donors (Lipinski definition) is 2. The van der Waals surface area contributed by atoms with E-state index >= 15 is 0 Å². The van der Waals surface area contributed by atoms with Gasteiger partial charge in [0.1, 0.15) is 5.54 Å². The van der Waals surface area contributed by atoms with Gasteiger partial charge in [-0.3, -0.25) is 9.59 Å². The van der Waals surface area contributed by atoms with E-state index in [9.17, 15) is 19.5 Å². The van der Waals surface area contributed by atoms with Crippen molar-refractivity contribution >= 4 is 29.5 Å². The van der Waals surface area contributed by atoms with Crippen LogP contribution in [-0.2, 0) is 14.4 Å². The van der Waals surface area contributed by atoms with Gasteiger partial charge in [-0.1, -0.05) is 12.8 Å². The first-order valence-corrected chi connectivity index (χ1v) is 9.10. The lowest BCUT2D eigenvalue weighted by atomic mass is 9.97. The molecule has 2 amide bonds. The Hall–Kier alpha value is -1.24. The van der Waals surface area contributed by atoms with Crippen LogP contribution in [0.3, 0.4) is 0 Å². The molecule has 2 atom stereocenters. The van der Waals surface area contributed by atoms with Crippen LogP contribution < -0.4 is 5.32 Å². The molecule has 0 spiro atoms. The van der Waals surface area contributed by atoms with Gasteiger partial charge in [-0.15, -0.1) is 0 Å². The van der Waals surface area contributed by atoms with Crippen LogP contribution in [-0.4, -0.2) is 57.4 Å².